The van der Waals surface area contributed by atoms with E-state index in [9.17, 15) is 4.79 Å². The molecule has 0 unspecified atom stereocenters. The number of rotatable bonds is 6. The highest BCUT2D eigenvalue weighted by Gasteiger charge is 2.15. The number of thiazole rings is 1. The summed E-state index contributed by atoms with van der Waals surface area (Å²) in [5.41, 5.74) is 9.12. The van der Waals surface area contributed by atoms with Gasteiger partial charge < -0.3 is 11.1 Å². The number of nitrogen functional groups attached to an aromatic ring is 1. The average molecular weight is 428 g/mol. The van der Waals surface area contributed by atoms with E-state index >= 15 is 0 Å². The van der Waals surface area contributed by atoms with Gasteiger partial charge in [0, 0.05) is 33.8 Å². The number of nitrogens with zero attached hydrogens (tertiary/aromatic N) is 5. The van der Waals surface area contributed by atoms with Gasteiger partial charge in [0.15, 0.2) is 0 Å². The number of fused-ring (bicyclic) bond motifs is 1. The first-order chi connectivity index (χ1) is 13.9. The first kappa shape index (κ1) is 19.5. The Hall–Kier alpha value is -2.85. The van der Waals surface area contributed by atoms with Gasteiger partial charge >= 0.3 is 0 Å². The minimum Gasteiger partial charge on any atom is -0.366 e. The van der Waals surface area contributed by atoms with E-state index in [0.29, 0.717) is 12.3 Å². The summed E-state index contributed by atoms with van der Waals surface area (Å²) in [7, 11) is 0. The van der Waals surface area contributed by atoms with Crippen LogP contribution in [0.4, 0.5) is 5.95 Å². The summed E-state index contributed by atoms with van der Waals surface area (Å²) in [4.78, 5) is 27.8. The molecule has 1 amide bonds. The van der Waals surface area contributed by atoms with Gasteiger partial charge in [0.05, 0.1) is 22.0 Å². The first-order valence-corrected chi connectivity index (χ1v) is 10.9. The van der Waals surface area contributed by atoms with Gasteiger partial charge in [-0.3, -0.25) is 4.79 Å². The predicted octanol–water partition coefficient (Wildman–Crippen LogP) is 2.72. The molecular weight excluding hydrogens is 406 g/mol. The number of nitrogens with two attached hydrogens (primary N) is 1. The summed E-state index contributed by atoms with van der Waals surface area (Å²) in [5.74, 6) is 0.576. The maximum Gasteiger partial charge on any atom is 0.254 e. The van der Waals surface area contributed by atoms with Crippen LogP contribution in [0.1, 0.15) is 26.8 Å². The normalized spacial score (nSPS) is 11.3. The van der Waals surface area contributed by atoms with E-state index in [-0.39, 0.29) is 18.3 Å². The van der Waals surface area contributed by atoms with Crippen LogP contribution in [0.15, 0.2) is 17.5 Å². The molecular formula is C19H21N7OS2. The number of anilines is 1. The molecule has 0 fully saturated rings. The number of hydrogen-bond donors (Lipinski definition) is 2. The van der Waals surface area contributed by atoms with Crippen molar-refractivity contribution in [3.63, 3.8) is 0 Å². The summed E-state index contributed by atoms with van der Waals surface area (Å²) >= 11 is 3.37. The molecule has 4 aromatic rings. The molecule has 0 aliphatic carbocycles. The number of carbonyl (C=O) groups is 1. The second-order valence-electron chi connectivity index (χ2n) is 6.74. The average Bonchev–Trinajstić information content (AvgIpc) is 3.38. The Morgan fingerprint density at radius 1 is 1.21 bits per heavy atom. The summed E-state index contributed by atoms with van der Waals surface area (Å²) in [6.07, 6.45) is 1.03. The van der Waals surface area contributed by atoms with E-state index in [1.54, 1.807) is 27.2 Å². The number of aryl methyl sites for hydroxylation is 3. The van der Waals surface area contributed by atoms with E-state index in [1.165, 1.54) is 4.88 Å². The molecule has 0 atom stereocenters. The second-order valence-corrected chi connectivity index (χ2v) is 8.97. The molecule has 29 heavy (non-hydrogen) atoms. The molecule has 0 spiro atoms. The van der Waals surface area contributed by atoms with Crippen molar-refractivity contribution in [3.8, 4) is 10.6 Å². The highest BCUT2D eigenvalue weighted by Crippen LogP contribution is 2.29. The highest BCUT2D eigenvalue weighted by atomic mass is 32.1. The molecule has 4 aromatic heterocycles. The van der Waals surface area contributed by atoms with Crippen LogP contribution < -0.4 is 11.1 Å². The van der Waals surface area contributed by atoms with Crippen LogP contribution in [0.25, 0.3) is 16.3 Å². The largest absolute Gasteiger partial charge is 0.366 e. The second kappa shape index (κ2) is 7.88. The molecule has 4 rings (SSSR count). The topological polar surface area (TPSA) is 111 Å². The van der Waals surface area contributed by atoms with Crippen molar-refractivity contribution in [2.75, 3.05) is 12.3 Å². The van der Waals surface area contributed by atoms with E-state index in [2.05, 4.69) is 42.9 Å². The maximum absolute atomic E-state index is 12.5. The number of carbonyl (C=O) groups excluding carboxylic acids is 1. The molecule has 0 saturated heterocycles. The van der Waals surface area contributed by atoms with Crippen LogP contribution in [0.2, 0.25) is 0 Å². The molecule has 0 saturated carbocycles. The zero-order valence-corrected chi connectivity index (χ0v) is 18.0. The van der Waals surface area contributed by atoms with Gasteiger partial charge in [-0.15, -0.1) is 27.8 Å². The van der Waals surface area contributed by atoms with E-state index in [1.807, 2.05) is 20.8 Å². The molecule has 0 radical (unpaired) electrons. The third kappa shape index (κ3) is 4.13. The number of nitrogens with one attached hydrogen (secondary N) is 1. The smallest absolute Gasteiger partial charge is 0.254 e. The number of aromatic nitrogens is 5. The van der Waals surface area contributed by atoms with Gasteiger partial charge in [-0.05, 0) is 39.3 Å². The van der Waals surface area contributed by atoms with Crippen LogP contribution in [0.3, 0.4) is 0 Å². The minimum atomic E-state index is -0.0441. The zero-order valence-electron chi connectivity index (χ0n) is 16.4. The lowest BCUT2D eigenvalue weighted by Gasteiger charge is -2.10. The number of thiophene rings is 1. The van der Waals surface area contributed by atoms with E-state index in [0.717, 1.165) is 39.0 Å². The molecule has 0 aliphatic rings. The fraction of sp³-hybridized carbons (Fsp3) is 0.316. The molecule has 0 aromatic carbocycles. The van der Waals surface area contributed by atoms with Crippen LogP contribution >= 0.6 is 22.7 Å². The summed E-state index contributed by atoms with van der Waals surface area (Å²) in [5, 5.41) is 10.3. The Kier molecular flexibility index (Phi) is 5.29. The monoisotopic (exact) mass is 427 g/mol. The fourth-order valence-corrected chi connectivity index (χ4v) is 4.81. The van der Waals surface area contributed by atoms with Gasteiger partial charge in [-0.2, -0.15) is 9.50 Å². The molecule has 3 N–H and O–H groups in total. The SMILES string of the molecule is Cc1nc(-c2ccc(CCNC(=O)Cc3c(C)nc4nc(N)nn4c3C)s2)cs1. The Morgan fingerprint density at radius 2 is 2.03 bits per heavy atom. The van der Waals surface area contributed by atoms with Gasteiger partial charge in [-0.25, -0.2) is 9.97 Å². The van der Waals surface area contributed by atoms with Crippen molar-refractivity contribution in [2.45, 2.75) is 33.6 Å². The van der Waals surface area contributed by atoms with Crippen LogP contribution in [0, 0.1) is 20.8 Å². The molecule has 0 aliphatic heterocycles. The van der Waals surface area contributed by atoms with Crippen molar-refractivity contribution in [1.82, 2.24) is 29.9 Å². The molecule has 0 bridgehead atoms. The van der Waals surface area contributed by atoms with Gasteiger partial charge in [0.1, 0.15) is 0 Å². The lowest BCUT2D eigenvalue weighted by atomic mass is 10.1. The third-order valence-corrected chi connectivity index (χ3v) is 6.57. The van der Waals surface area contributed by atoms with Gasteiger partial charge in [-0.1, -0.05) is 0 Å². The third-order valence-electron chi connectivity index (χ3n) is 4.63. The van der Waals surface area contributed by atoms with Gasteiger partial charge in [0.25, 0.3) is 5.78 Å². The zero-order chi connectivity index (χ0) is 20.5. The number of hydrogen-bond acceptors (Lipinski definition) is 8. The van der Waals surface area contributed by atoms with E-state index < -0.39 is 0 Å². The van der Waals surface area contributed by atoms with Crippen molar-refractivity contribution in [1.29, 1.82) is 0 Å². The summed E-state index contributed by atoms with van der Waals surface area (Å²) in [6, 6.07) is 4.19. The lowest BCUT2D eigenvalue weighted by molar-refractivity contribution is -0.120. The Bertz CT molecular complexity index is 1190. The van der Waals surface area contributed by atoms with Crippen molar-refractivity contribution < 1.29 is 4.79 Å². The highest BCUT2D eigenvalue weighted by molar-refractivity contribution is 7.16. The molecule has 8 nitrogen and oxygen atoms in total. The quantitative estimate of drug-likeness (QED) is 0.489. The van der Waals surface area contributed by atoms with Crippen molar-refractivity contribution >= 4 is 40.3 Å². The lowest BCUT2D eigenvalue weighted by Crippen LogP contribution is -2.28. The fourth-order valence-electron chi connectivity index (χ4n) is 3.15. The van der Waals surface area contributed by atoms with Crippen LogP contribution in [-0.2, 0) is 17.6 Å². The number of amides is 1. The maximum atomic E-state index is 12.5. The summed E-state index contributed by atoms with van der Waals surface area (Å²) in [6.45, 7) is 6.35. The van der Waals surface area contributed by atoms with Crippen LogP contribution in [-0.4, -0.2) is 37.0 Å². The van der Waals surface area contributed by atoms with Gasteiger partial charge in [0.2, 0.25) is 11.9 Å². The summed E-state index contributed by atoms with van der Waals surface area (Å²) < 4.78 is 1.58. The molecule has 150 valence electrons. The minimum absolute atomic E-state index is 0.0441. The standard InChI is InChI=1S/C19H21N7OS2/c1-10-14(11(2)26-19(22-10)24-18(20)25-26)8-17(27)21-7-6-13-4-5-16(29-13)15-9-28-12(3)23-15/h4-5,9H,6-8H2,1-3H3,(H2,20,25)(H,21,27). The molecule has 4 heterocycles. The van der Waals surface area contributed by atoms with E-state index in [4.69, 9.17) is 5.73 Å². The Morgan fingerprint density at radius 3 is 2.79 bits per heavy atom. The Labute approximate surface area is 175 Å². The van der Waals surface area contributed by atoms with Crippen LogP contribution in [0.5, 0.6) is 0 Å². The first-order valence-electron chi connectivity index (χ1n) is 9.17. The predicted molar refractivity (Wildman–Crippen MR) is 115 cm³/mol. The van der Waals surface area contributed by atoms with Crippen molar-refractivity contribution in [2.24, 2.45) is 0 Å². The Balaban J connectivity index is 1.36. The van der Waals surface area contributed by atoms with Crippen molar-refractivity contribution in [3.05, 3.63) is 44.3 Å². The molecule has 10 heteroatoms.